The van der Waals surface area contributed by atoms with Crippen LogP contribution in [0.2, 0.25) is 0 Å². The molecule has 2 amide bonds. The van der Waals surface area contributed by atoms with Gasteiger partial charge in [-0.2, -0.15) is 31.4 Å². The molecule has 1 fully saturated rings. The molecule has 5 rings (SSSR count). The number of hydrogen-bond acceptors (Lipinski definition) is 6. The summed E-state index contributed by atoms with van der Waals surface area (Å²) in [6.07, 6.45) is -5.74. The van der Waals surface area contributed by atoms with Gasteiger partial charge in [-0.1, -0.05) is 23.9 Å². The first-order valence-corrected chi connectivity index (χ1v) is 14.1. The third-order valence-corrected chi connectivity index (χ3v) is 8.52. The van der Waals surface area contributed by atoms with E-state index in [1.54, 1.807) is 24.3 Å². The molecule has 3 aromatic rings. The standard InChI is InChI=1S/C29H24F6N4O4S/c1-43-24(40)6-7-36-25(41)17-10-18(11-17)27-38-26(42)23(44-27)9-15-2-5-22-19(8-15)13-37-39(22)14-16-3-4-20(28(30,31)32)12-21(16)29(33,34)35/h2-5,8-9,12-13,17-18H,6-7,10-11,14H2,1H3,(H,36,41)/b23-9-. The first kappa shape index (κ1) is 31.3. The van der Waals surface area contributed by atoms with Crippen molar-refractivity contribution < 1.29 is 45.5 Å². The number of esters is 1. The van der Waals surface area contributed by atoms with Gasteiger partial charge < -0.3 is 10.1 Å². The van der Waals surface area contributed by atoms with Crippen molar-refractivity contribution in [1.82, 2.24) is 15.1 Å². The number of thioether (sulfide) groups is 1. The van der Waals surface area contributed by atoms with Crippen LogP contribution in [-0.2, 0) is 38.0 Å². The fourth-order valence-electron chi connectivity index (χ4n) is 4.96. The minimum atomic E-state index is -5.00. The molecule has 1 saturated carbocycles. The molecule has 44 heavy (non-hydrogen) atoms. The predicted molar refractivity (Wildman–Crippen MR) is 149 cm³/mol. The van der Waals surface area contributed by atoms with E-state index in [9.17, 15) is 40.7 Å². The van der Waals surface area contributed by atoms with Gasteiger partial charge in [-0.25, -0.2) is 4.99 Å². The Morgan fingerprint density at radius 3 is 2.52 bits per heavy atom. The Bertz CT molecular complexity index is 1690. The van der Waals surface area contributed by atoms with Crippen molar-refractivity contribution in [3.63, 3.8) is 0 Å². The number of halogens is 6. The number of aliphatic imine (C=N–C) groups is 1. The van der Waals surface area contributed by atoms with Gasteiger partial charge in [0.1, 0.15) is 0 Å². The van der Waals surface area contributed by atoms with Crippen LogP contribution in [-0.4, -0.2) is 46.3 Å². The number of carbonyl (C=O) groups excluding carboxylic acids is 3. The fourth-order valence-corrected chi connectivity index (χ4v) is 6.00. The average molecular weight is 639 g/mol. The summed E-state index contributed by atoms with van der Waals surface area (Å²) in [6, 6.07) is 6.46. The zero-order valence-electron chi connectivity index (χ0n) is 23.0. The second-order valence-electron chi connectivity index (χ2n) is 10.3. The maximum absolute atomic E-state index is 13.6. The number of methoxy groups -OCH3 is 1. The van der Waals surface area contributed by atoms with Crippen molar-refractivity contribution in [2.45, 2.75) is 38.2 Å². The number of aromatic nitrogens is 2. The van der Waals surface area contributed by atoms with Crippen LogP contribution in [0.3, 0.4) is 0 Å². The first-order chi connectivity index (χ1) is 20.7. The van der Waals surface area contributed by atoms with E-state index in [2.05, 4.69) is 20.1 Å². The highest BCUT2D eigenvalue weighted by Crippen LogP contribution is 2.43. The van der Waals surface area contributed by atoms with E-state index < -0.39 is 41.9 Å². The predicted octanol–water partition coefficient (Wildman–Crippen LogP) is 5.84. The largest absolute Gasteiger partial charge is 0.469 e. The van der Waals surface area contributed by atoms with Crippen LogP contribution in [0.5, 0.6) is 0 Å². The molecular formula is C29H24F6N4O4S. The maximum Gasteiger partial charge on any atom is 0.416 e. The lowest BCUT2D eigenvalue weighted by atomic mass is 9.75. The smallest absolute Gasteiger partial charge is 0.416 e. The second kappa shape index (κ2) is 12.1. The van der Waals surface area contributed by atoms with Gasteiger partial charge in [0.15, 0.2) is 0 Å². The van der Waals surface area contributed by atoms with Crippen molar-refractivity contribution in [1.29, 1.82) is 0 Å². The van der Waals surface area contributed by atoms with Crippen molar-refractivity contribution in [2.24, 2.45) is 16.8 Å². The molecule has 0 radical (unpaired) electrons. The van der Waals surface area contributed by atoms with Crippen LogP contribution >= 0.6 is 11.8 Å². The molecule has 0 saturated heterocycles. The summed E-state index contributed by atoms with van der Waals surface area (Å²) >= 11 is 1.22. The van der Waals surface area contributed by atoms with Gasteiger partial charge in [0, 0.05) is 23.8 Å². The van der Waals surface area contributed by atoms with Gasteiger partial charge in [-0.3, -0.25) is 19.1 Å². The number of hydrogen-bond donors (Lipinski definition) is 1. The number of amides is 2. The van der Waals surface area contributed by atoms with Crippen LogP contribution in [0.1, 0.15) is 41.5 Å². The number of nitrogens with one attached hydrogen (secondary N) is 1. The zero-order valence-corrected chi connectivity index (χ0v) is 23.8. The van der Waals surface area contributed by atoms with E-state index in [1.165, 1.54) is 29.8 Å². The molecule has 2 heterocycles. The van der Waals surface area contributed by atoms with Crippen molar-refractivity contribution in [3.8, 4) is 0 Å². The number of carbonyl (C=O) groups is 3. The molecule has 0 spiro atoms. The van der Waals surface area contributed by atoms with Crippen molar-refractivity contribution >= 4 is 51.6 Å². The summed E-state index contributed by atoms with van der Waals surface area (Å²) in [7, 11) is 1.27. The summed E-state index contributed by atoms with van der Waals surface area (Å²) < 4.78 is 85.7. The van der Waals surface area contributed by atoms with E-state index in [0.29, 0.717) is 45.3 Å². The summed E-state index contributed by atoms with van der Waals surface area (Å²) in [5.74, 6) is -1.29. The van der Waals surface area contributed by atoms with Gasteiger partial charge in [0.25, 0.3) is 5.91 Å². The van der Waals surface area contributed by atoms with Crippen LogP contribution in [0.25, 0.3) is 17.0 Å². The lowest BCUT2D eigenvalue weighted by Gasteiger charge is -2.33. The molecule has 2 aliphatic rings. The number of alkyl halides is 6. The summed E-state index contributed by atoms with van der Waals surface area (Å²) in [5.41, 5.74) is -2.07. The van der Waals surface area contributed by atoms with E-state index in [1.807, 2.05) is 0 Å². The van der Waals surface area contributed by atoms with Crippen LogP contribution in [0, 0.1) is 11.8 Å². The Kier molecular flexibility index (Phi) is 8.60. The molecule has 1 aromatic heterocycles. The molecule has 8 nitrogen and oxygen atoms in total. The molecule has 0 atom stereocenters. The maximum atomic E-state index is 13.6. The molecule has 2 aromatic carbocycles. The summed E-state index contributed by atoms with van der Waals surface area (Å²) in [6.45, 7) is -0.227. The molecular weight excluding hydrogens is 614 g/mol. The van der Waals surface area contributed by atoms with Crippen LogP contribution < -0.4 is 5.32 Å². The minimum Gasteiger partial charge on any atom is -0.469 e. The minimum absolute atomic E-state index is 0.0429. The SMILES string of the molecule is COC(=O)CCNC(=O)C1CC(C2=NC(=O)/C(=C/c3ccc4c(cnn4Cc4ccc(C(F)(F)F)cc4C(F)(F)F)c3)S2)C1. The molecule has 1 aliphatic heterocycles. The third-order valence-electron chi connectivity index (χ3n) is 7.38. The number of rotatable bonds is 8. The van der Waals surface area contributed by atoms with E-state index in [0.717, 1.165) is 6.07 Å². The first-order valence-electron chi connectivity index (χ1n) is 13.3. The van der Waals surface area contributed by atoms with E-state index in [-0.39, 0.29) is 42.3 Å². The van der Waals surface area contributed by atoms with E-state index in [4.69, 9.17) is 0 Å². The molecule has 232 valence electrons. The lowest BCUT2D eigenvalue weighted by molar-refractivity contribution is -0.144. The van der Waals surface area contributed by atoms with Gasteiger partial charge in [-0.05, 0) is 54.3 Å². The van der Waals surface area contributed by atoms with E-state index >= 15 is 0 Å². The summed E-state index contributed by atoms with van der Waals surface area (Å²) in [4.78, 5) is 40.5. The Morgan fingerprint density at radius 1 is 1.09 bits per heavy atom. The molecule has 1 aliphatic carbocycles. The molecule has 0 unspecified atom stereocenters. The molecule has 15 heteroatoms. The monoisotopic (exact) mass is 638 g/mol. The van der Waals surface area contributed by atoms with Crippen LogP contribution in [0.15, 0.2) is 52.5 Å². The summed E-state index contributed by atoms with van der Waals surface area (Å²) in [5, 5.41) is 8.00. The Balaban J connectivity index is 1.24. The Hall–Kier alpha value is -4.14. The Morgan fingerprint density at radius 2 is 1.84 bits per heavy atom. The highest BCUT2D eigenvalue weighted by Gasteiger charge is 2.41. The zero-order chi connectivity index (χ0) is 31.8. The Labute approximate surface area is 250 Å². The lowest BCUT2D eigenvalue weighted by Crippen LogP contribution is -2.41. The number of fused-ring (bicyclic) bond motifs is 1. The number of nitrogens with zero attached hydrogens (tertiary/aromatic N) is 3. The van der Waals surface area contributed by atoms with Gasteiger partial charge >= 0.3 is 18.3 Å². The van der Waals surface area contributed by atoms with Crippen LogP contribution in [0.4, 0.5) is 26.3 Å². The third kappa shape index (κ3) is 6.82. The highest BCUT2D eigenvalue weighted by atomic mass is 32.2. The number of ether oxygens (including phenoxy) is 1. The fraction of sp³-hybridized carbons (Fsp3) is 0.345. The van der Waals surface area contributed by atoms with Crippen molar-refractivity contribution in [2.75, 3.05) is 13.7 Å². The quantitative estimate of drug-likeness (QED) is 0.189. The van der Waals surface area contributed by atoms with Gasteiger partial charge in [0.05, 0.1) is 52.9 Å². The normalized spacial score (nSPS) is 19.7. The highest BCUT2D eigenvalue weighted by molar-refractivity contribution is 8.18. The average Bonchev–Trinajstić information content (AvgIpc) is 3.49. The number of benzene rings is 2. The second-order valence-corrected chi connectivity index (χ2v) is 11.4. The van der Waals surface area contributed by atoms with Gasteiger partial charge in [-0.15, -0.1) is 0 Å². The van der Waals surface area contributed by atoms with Gasteiger partial charge in [0.2, 0.25) is 5.91 Å². The molecule has 1 N–H and O–H groups in total. The van der Waals surface area contributed by atoms with Crippen molar-refractivity contribution in [3.05, 3.63) is 69.8 Å². The molecule has 0 bridgehead atoms. The topological polar surface area (TPSA) is 103 Å².